The number of amides is 2. The second-order valence-electron chi connectivity index (χ2n) is 6.29. The van der Waals surface area contributed by atoms with Crippen LogP contribution in [-0.4, -0.2) is 11.8 Å². The highest BCUT2D eigenvalue weighted by Gasteiger charge is 2.09. The molecule has 0 radical (unpaired) electrons. The molecule has 3 aromatic carbocycles. The van der Waals surface area contributed by atoms with E-state index in [1.807, 2.05) is 43.3 Å². The number of hydrogen-bond acceptors (Lipinski definition) is 3. The molecule has 27 heavy (non-hydrogen) atoms. The van der Waals surface area contributed by atoms with Gasteiger partial charge in [0, 0.05) is 17.7 Å². The van der Waals surface area contributed by atoms with E-state index < -0.39 is 0 Å². The number of carbonyl (C=O) groups is 2. The highest BCUT2D eigenvalue weighted by atomic mass is 16.2. The Morgan fingerprint density at radius 1 is 0.815 bits per heavy atom. The number of carbonyl (C=O) groups excluding carboxylic acids is 2. The molecule has 0 saturated heterocycles. The minimum absolute atomic E-state index is 0.128. The topological polar surface area (TPSA) is 84.2 Å². The van der Waals surface area contributed by atoms with Crippen LogP contribution in [0.4, 0.5) is 11.4 Å². The van der Waals surface area contributed by atoms with Gasteiger partial charge in [-0.2, -0.15) is 0 Å². The zero-order chi connectivity index (χ0) is 19.2. The van der Waals surface area contributed by atoms with Crippen LogP contribution in [0.25, 0.3) is 0 Å². The van der Waals surface area contributed by atoms with Crippen molar-refractivity contribution in [1.29, 1.82) is 0 Å². The summed E-state index contributed by atoms with van der Waals surface area (Å²) >= 11 is 0. The lowest BCUT2D eigenvalue weighted by Gasteiger charge is -2.09. The first kappa shape index (κ1) is 18.2. The summed E-state index contributed by atoms with van der Waals surface area (Å²) in [5.74, 6) is -0.362. The predicted octanol–water partition coefficient (Wildman–Crippen LogP) is 3.76. The van der Waals surface area contributed by atoms with Crippen LogP contribution in [0.2, 0.25) is 0 Å². The van der Waals surface area contributed by atoms with E-state index in [0.29, 0.717) is 29.0 Å². The lowest BCUT2D eigenvalue weighted by Crippen LogP contribution is -2.22. The van der Waals surface area contributed by atoms with Crippen molar-refractivity contribution < 1.29 is 9.59 Å². The van der Waals surface area contributed by atoms with Crippen molar-refractivity contribution >= 4 is 23.2 Å². The summed E-state index contributed by atoms with van der Waals surface area (Å²) in [6, 6.07) is 21.6. The number of nitrogen functional groups attached to an aromatic ring is 1. The molecule has 4 N–H and O–H groups in total. The van der Waals surface area contributed by atoms with E-state index in [1.165, 1.54) is 0 Å². The first-order chi connectivity index (χ1) is 13.0. The van der Waals surface area contributed by atoms with Crippen molar-refractivity contribution in [2.75, 3.05) is 11.1 Å². The van der Waals surface area contributed by atoms with Gasteiger partial charge in [0.1, 0.15) is 0 Å². The molecule has 3 rings (SSSR count). The van der Waals surface area contributed by atoms with E-state index in [0.717, 1.165) is 11.1 Å². The fourth-order valence-corrected chi connectivity index (χ4v) is 2.57. The summed E-state index contributed by atoms with van der Waals surface area (Å²) in [5, 5.41) is 5.66. The summed E-state index contributed by atoms with van der Waals surface area (Å²) in [5.41, 5.74) is 10.1. The maximum atomic E-state index is 12.3. The Balaban J connectivity index is 1.58. The Bertz CT molecular complexity index is 948. The van der Waals surface area contributed by atoms with Crippen LogP contribution in [0.5, 0.6) is 0 Å². The summed E-state index contributed by atoms with van der Waals surface area (Å²) in [7, 11) is 0. The molecule has 5 nitrogen and oxygen atoms in total. The molecule has 3 aromatic rings. The minimum atomic E-state index is -0.233. The lowest BCUT2D eigenvalue weighted by atomic mass is 10.1. The molecule has 0 aliphatic rings. The molecule has 5 heteroatoms. The largest absolute Gasteiger partial charge is 0.397 e. The molecule has 0 aliphatic carbocycles. The average Bonchev–Trinajstić information content (AvgIpc) is 2.69. The normalized spacial score (nSPS) is 10.3. The quantitative estimate of drug-likeness (QED) is 0.607. The highest BCUT2D eigenvalue weighted by molar-refractivity contribution is 6.05. The van der Waals surface area contributed by atoms with Gasteiger partial charge in [-0.1, -0.05) is 42.0 Å². The second-order valence-corrected chi connectivity index (χ2v) is 6.29. The number of nitrogens with one attached hydrogen (secondary N) is 2. The molecular weight excluding hydrogens is 338 g/mol. The summed E-state index contributed by atoms with van der Waals surface area (Å²) in [6.07, 6.45) is 0. The van der Waals surface area contributed by atoms with Crippen molar-refractivity contribution in [1.82, 2.24) is 5.32 Å². The highest BCUT2D eigenvalue weighted by Crippen LogP contribution is 2.18. The minimum Gasteiger partial charge on any atom is -0.397 e. The summed E-state index contributed by atoms with van der Waals surface area (Å²) in [4.78, 5) is 24.5. The molecule has 2 amide bonds. The maximum absolute atomic E-state index is 12.3. The van der Waals surface area contributed by atoms with Crippen LogP contribution in [0.1, 0.15) is 31.8 Å². The predicted molar refractivity (Wildman–Crippen MR) is 108 cm³/mol. The Morgan fingerprint density at radius 2 is 1.41 bits per heavy atom. The molecule has 0 atom stereocenters. The first-order valence-corrected chi connectivity index (χ1v) is 8.62. The number of aryl methyl sites for hydroxylation is 1. The number of rotatable bonds is 5. The van der Waals surface area contributed by atoms with Crippen LogP contribution in [0.3, 0.4) is 0 Å². The van der Waals surface area contributed by atoms with E-state index in [9.17, 15) is 9.59 Å². The molecule has 0 aromatic heterocycles. The van der Waals surface area contributed by atoms with Gasteiger partial charge in [-0.25, -0.2) is 0 Å². The number of anilines is 2. The molecule has 0 heterocycles. The van der Waals surface area contributed by atoms with Crippen molar-refractivity contribution in [2.24, 2.45) is 0 Å². The molecule has 0 spiro atoms. The molecule has 0 unspecified atom stereocenters. The Morgan fingerprint density at radius 3 is 2.07 bits per heavy atom. The van der Waals surface area contributed by atoms with Gasteiger partial charge in [0.25, 0.3) is 11.8 Å². The van der Waals surface area contributed by atoms with Crippen molar-refractivity contribution in [3.8, 4) is 0 Å². The average molecular weight is 359 g/mol. The van der Waals surface area contributed by atoms with E-state index in [-0.39, 0.29) is 11.8 Å². The summed E-state index contributed by atoms with van der Waals surface area (Å²) < 4.78 is 0. The van der Waals surface area contributed by atoms with Gasteiger partial charge >= 0.3 is 0 Å². The van der Waals surface area contributed by atoms with E-state index >= 15 is 0 Å². The number of hydrogen-bond donors (Lipinski definition) is 3. The number of nitrogens with two attached hydrogens (primary N) is 1. The monoisotopic (exact) mass is 359 g/mol. The molecule has 0 bridgehead atoms. The van der Waals surface area contributed by atoms with Gasteiger partial charge in [0.2, 0.25) is 0 Å². The Labute approximate surface area is 158 Å². The number of benzene rings is 3. The van der Waals surface area contributed by atoms with Crippen molar-refractivity contribution in [3.05, 3.63) is 95.1 Å². The first-order valence-electron chi connectivity index (χ1n) is 8.62. The number of para-hydroxylation sites is 2. The Kier molecular flexibility index (Phi) is 5.52. The third-order valence-corrected chi connectivity index (χ3v) is 4.19. The van der Waals surface area contributed by atoms with Crippen LogP contribution in [0.15, 0.2) is 72.8 Å². The Hall–Kier alpha value is -3.60. The van der Waals surface area contributed by atoms with Gasteiger partial charge in [-0.15, -0.1) is 0 Å². The molecule has 136 valence electrons. The standard InChI is InChI=1S/C22H21N3O2/c1-15-6-10-17(11-7-15)21(26)24-14-16-8-12-18(13-9-16)22(27)25-20-5-3-2-4-19(20)23/h2-13H,14,23H2,1H3,(H,24,26)(H,25,27). The van der Waals surface area contributed by atoms with Gasteiger partial charge < -0.3 is 16.4 Å². The maximum Gasteiger partial charge on any atom is 0.255 e. The molecule has 0 aliphatic heterocycles. The van der Waals surface area contributed by atoms with E-state index in [2.05, 4.69) is 10.6 Å². The van der Waals surface area contributed by atoms with E-state index in [1.54, 1.807) is 36.4 Å². The third kappa shape index (κ3) is 4.73. The van der Waals surface area contributed by atoms with Crippen LogP contribution >= 0.6 is 0 Å². The van der Waals surface area contributed by atoms with Gasteiger partial charge in [-0.05, 0) is 48.9 Å². The lowest BCUT2D eigenvalue weighted by molar-refractivity contribution is 0.0950. The zero-order valence-electron chi connectivity index (χ0n) is 15.0. The van der Waals surface area contributed by atoms with Crippen LogP contribution in [0, 0.1) is 6.92 Å². The van der Waals surface area contributed by atoms with E-state index in [4.69, 9.17) is 5.73 Å². The fourth-order valence-electron chi connectivity index (χ4n) is 2.57. The van der Waals surface area contributed by atoms with Crippen molar-refractivity contribution in [2.45, 2.75) is 13.5 Å². The van der Waals surface area contributed by atoms with Crippen LogP contribution < -0.4 is 16.4 Å². The van der Waals surface area contributed by atoms with Crippen molar-refractivity contribution in [3.63, 3.8) is 0 Å². The molecular formula is C22H21N3O2. The summed E-state index contributed by atoms with van der Waals surface area (Å²) in [6.45, 7) is 2.37. The third-order valence-electron chi connectivity index (χ3n) is 4.19. The second kappa shape index (κ2) is 8.19. The van der Waals surface area contributed by atoms with Crippen LogP contribution in [-0.2, 0) is 6.54 Å². The molecule has 0 fully saturated rings. The smallest absolute Gasteiger partial charge is 0.255 e. The molecule has 0 saturated carbocycles. The SMILES string of the molecule is Cc1ccc(C(=O)NCc2ccc(C(=O)Nc3ccccc3N)cc2)cc1. The van der Waals surface area contributed by atoms with Gasteiger partial charge in [0.05, 0.1) is 11.4 Å². The zero-order valence-corrected chi connectivity index (χ0v) is 15.0. The van der Waals surface area contributed by atoms with Gasteiger partial charge in [0.15, 0.2) is 0 Å². The fraction of sp³-hybridized carbons (Fsp3) is 0.0909. The van der Waals surface area contributed by atoms with Gasteiger partial charge in [-0.3, -0.25) is 9.59 Å².